The normalized spacial score (nSPS) is 17.4. The molecule has 0 aromatic carbocycles. The second-order valence-electron chi connectivity index (χ2n) is 4.55. The van der Waals surface area contributed by atoms with E-state index >= 15 is 0 Å². The summed E-state index contributed by atoms with van der Waals surface area (Å²) in [5.74, 6) is -1.39. The molecule has 4 nitrogen and oxygen atoms in total. The van der Waals surface area contributed by atoms with Crippen LogP contribution in [0.3, 0.4) is 0 Å². The van der Waals surface area contributed by atoms with Gasteiger partial charge in [0.2, 0.25) is 5.91 Å². The van der Waals surface area contributed by atoms with Gasteiger partial charge in [-0.15, -0.1) is 0 Å². The van der Waals surface area contributed by atoms with Gasteiger partial charge in [0.1, 0.15) is 0 Å². The molecule has 0 saturated heterocycles. The Morgan fingerprint density at radius 2 is 1.78 bits per heavy atom. The van der Waals surface area contributed by atoms with Crippen molar-refractivity contribution >= 4 is 5.91 Å². The molecular weight excluding hydrogens is 249 g/mol. The van der Waals surface area contributed by atoms with Crippen molar-refractivity contribution in [2.45, 2.75) is 51.4 Å². The predicted molar refractivity (Wildman–Crippen MR) is 61.7 cm³/mol. The molecule has 0 bridgehead atoms. The number of carbonyl (C=O) groups excluding carboxylic acids is 1. The predicted octanol–water partition coefficient (Wildman–Crippen LogP) is 1.18. The van der Waals surface area contributed by atoms with Crippen LogP contribution in [0.2, 0.25) is 0 Å². The van der Waals surface area contributed by atoms with E-state index in [2.05, 4.69) is 0 Å². The first kappa shape index (κ1) is 17.2. The first-order valence-electron chi connectivity index (χ1n) is 5.89. The number of hydrogen-bond acceptors (Lipinski definition) is 3. The molecule has 0 radical (unpaired) electrons. The SMILES string of the molecule is CCC(CC)C(O)CNC(=O)C(C)(N)C(F)(F)F. The van der Waals surface area contributed by atoms with Crippen molar-refractivity contribution in [3.63, 3.8) is 0 Å². The minimum atomic E-state index is -4.82. The van der Waals surface area contributed by atoms with Gasteiger partial charge in [0.15, 0.2) is 5.54 Å². The first-order chi connectivity index (χ1) is 8.07. The second kappa shape index (κ2) is 6.38. The Morgan fingerprint density at radius 3 is 2.11 bits per heavy atom. The molecule has 0 aromatic rings. The maximum Gasteiger partial charge on any atom is 0.415 e. The van der Waals surface area contributed by atoms with E-state index in [0.717, 1.165) is 0 Å². The number of aliphatic hydroxyl groups excluding tert-OH is 1. The number of nitrogens with one attached hydrogen (secondary N) is 1. The fourth-order valence-electron chi connectivity index (χ4n) is 1.51. The zero-order valence-electron chi connectivity index (χ0n) is 10.8. The average molecular weight is 270 g/mol. The number of carbonyl (C=O) groups is 1. The molecule has 1 amide bonds. The smallest absolute Gasteiger partial charge is 0.391 e. The monoisotopic (exact) mass is 270 g/mol. The number of nitrogens with two attached hydrogens (primary N) is 1. The number of aliphatic hydroxyl groups is 1. The van der Waals surface area contributed by atoms with Crippen molar-refractivity contribution in [2.75, 3.05) is 6.54 Å². The molecule has 0 heterocycles. The van der Waals surface area contributed by atoms with Gasteiger partial charge in [0.25, 0.3) is 0 Å². The van der Waals surface area contributed by atoms with Crippen LogP contribution in [-0.2, 0) is 4.79 Å². The zero-order chi connectivity index (χ0) is 14.6. The van der Waals surface area contributed by atoms with Crippen molar-refractivity contribution in [3.05, 3.63) is 0 Å². The molecule has 0 aliphatic carbocycles. The lowest BCUT2D eigenvalue weighted by atomic mass is 9.96. The van der Waals surface area contributed by atoms with Gasteiger partial charge in [-0.2, -0.15) is 13.2 Å². The van der Waals surface area contributed by atoms with E-state index in [1.54, 1.807) is 0 Å². The van der Waals surface area contributed by atoms with E-state index in [-0.39, 0.29) is 12.5 Å². The number of alkyl halides is 3. The molecular formula is C11H21F3N2O2. The summed E-state index contributed by atoms with van der Waals surface area (Å²) in [5.41, 5.74) is 2.00. The van der Waals surface area contributed by atoms with Crippen LogP contribution >= 0.6 is 0 Å². The highest BCUT2D eigenvalue weighted by Gasteiger charge is 2.53. The third-order valence-electron chi connectivity index (χ3n) is 3.13. The third kappa shape index (κ3) is 4.13. The van der Waals surface area contributed by atoms with E-state index in [1.165, 1.54) is 0 Å². The zero-order valence-corrected chi connectivity index (χ0v) is 10.8. The topological polar surface area (TPSA) is 75.3 Å². The summed E-state index contributed by atoms with van der Waals surface area (Å²) in [5, 5.41) is 11.7. The van der Waals surface area contributed by atoms with Crippen molar-refractivity contribution in [1.82, 2.24) is 5.32 Å². The van der Waals surface area contributed by atoms with Crippen LogP contribution < -0.4 is 11.1 Å². The largest absolute Gasteiger partial charge is 0.415 e. The number of rotatable bonds is 6. The summed E-state index contributed by atoms with van der Waals surface area (Å²) < 4.78 is 37.4. The van der Waals surface area contributed by atoms with Crippen molar-refractivity contribution in [3.8, 4) is 0 Å². The Kier molecular flexibility index (Phi) is 6.09. The minimum absolute atomic E-state index is 0.0554. The average Bonchev–Trinajstić information content (AvgIpc) is 2.25. The van der Waals surface area contributed by atoms with Gasteiger partial charge in [0.05, 0.1) is 6.10 Å². The molecule has 0 aliphatic heterocycles. The van der Waals surface area contributed by atoms with Crippen molar-refractivity contribution in [2.24, 2.45) is 11.7 Å². The number of halogens is 3. The minimum Gasteiger partial charge on any atom is -0.391 e. The number of hydrogen-bond donors (Lipinski definition) is 3. The van der Waals surface area contributed by atoms with Gasteiger partial charge in [-0.3, -0.25) is 4.79 Å². The standard InChI is InChI=1S/C11H21F3N2O2/c1-4-7(5-2)8(17)6-16-9(18)10(3,15)11(12,13)14/h7-8,17H,4-6,15H2,1-3H3,(H,16,18). The summed E-state index contributed by atoms with van der Waals surface area (Å²) in [6, 6.07) is 0. The van der Waals surface area contributed by atoms with Crippen LogP contribution in [-0.4, -0.2) is 35.4 Å². The summed E-state index contributed by atoms with van der Waals surface area (Å²) >= 11 is 0. The van der Waals surface area contributed by atoms with Crippen LogP contribution in [0, 0.1) is 5.92 Å². The Bertz CT molecular complexity index is 276. The lowest BCUT2D eigenvalue weighted by Crippen LogP contribution is -2.62. The Morgan fingerprint density at radius 1 is 1.33 bits per heavy atom. The van der Waals surface area contributed by atoms with E-state index in [0.29, 0.717) is 19.8 Å². The molecule has 0 aliphatic rings. The molecule has 108 valence electrons. The molecule has 18 heavy (non-hydrogen) atoms. The fourth-order valence-corrected chi connectivity index (χ4v) is 1.51. The summed E-state index contributed by atoms with van der Waals surface area (Å²) in [7, 11) is 0. The maximum absolute atomic E-state index is 12.5. The van der Waals surface area contributed by atoms with Gasteiger partial charge in [-0.25, -0.2) is 0 Å². The first-order valence-corrected chi connectivity index (χ1v) is 5.89. The Hall–Kier alpha value is -0.820. The Labute approximate surface area is 105 Å². The highest BCUT2D eigenvalue weighted by molar-refractivity contribution is 5.86. The van der Waals surface area contributed by atoms with Crippen LogP contribution in [0.15, 0.2) is 0 Å². The van der Waals surface area contributed by atoms with Crippen molar-refractivity contribution in [1.29, 1.82) is 0 Å². The summed E-state index contributed by atoms with van der Waals surface area (Å²) in [4.78, 5) is 11.3. The number of amides is 1. The molecule has 0 aromatic heterocycles. The lowest BCUT2D eigenvalue weighted by molar-refractivity contribution is -0.187. The van der Waals surface area contributed by atoms with E-state index in [1.807, 2.05) is 19.2 Å². The van der Waals surface area contributed by atoms with Crippen LogP contribution in [0.5, 0.6) is 0 Å². The van der Waals surface area contributed by atoms with Gasteiger partial charge in [-0.1, -0.05) is 26.7 Å². The molecule has 4 N–H and O–H groups in total. The quantitative estimate of drug-likeness (QED) is 0.678. The van der Waals surface area contributed by atoms with E-state index < -0.39 is 23.7 Å². The lowest BCUT2D eigenvalue weighted by Gasteiger charge is -2.27. The van der Waals surface area contributed by atoms with Crippen LogP contribution in [0.25, 0.3) is 0 Å². The molecule has 0 saturated carbocycles. The van der Waals surface area contributed by atoms with E-state index in [4.69, 9.17) is 5.73 Å². The molecule has 0 spiro atoms. The van der Waals surface area contributed by atoms with Gasteiger partial charge in [0, 0.05) is 6.54 Å². The van der Waals surface area contributed by atoms with E-state index in [9.17, 15) is 23.1 Å². The molecule has 2 unspecified atom stereocenters. The van der Waals surface area contributed by atoms with Crippen molar-refractivity contribution < 1.29 is 23.1 Å². The fraction of sp³-hybridized carbons (Fsp3) is 0.909. The molecule has 0 fully saturated rings. The molecule has 7 heteroatoms. The Balaban J connectivity index is 4.43. The molecule has 2 atom stereocenters. The highest BCUT2D eigenvalue weighted by atomic mass is 19.4. The third-order valence-corrected chi connectivity index (χ3v) is 3.13. The van der Waals surface area contributed by atoms with Gasteiger partial charge >= 0.3 is 6.18 Å². The van der Waals surface area contributed by atoms with Gasteiger partial charge in [-0.05, 0) is 12.8 Å². The maximum atomic E-state index is 12.5. The summed E-state index contributed by atoms with van der Waals surface area (Å²) in [6.45, 7) is 4.10. The van der Waals surface area contributed by atoms with Crippen LogP contribution in [0.4, 0.5) is 13.2 Å². The van der Waals surface area contributed by atoms with Crippen LogP contribution in [0.1, 0.15) is 33.6 Å². The van der Waals surface area contributed by atoms with Gasteiger partial charge < -0.3 is 16.2 Å². The highest BCUT2D eigenvalue weighted by Crippen LogP contribution is 2.27. The molecule has 0 rings (SSSR count). The second-order valence-corrected chi connectivity index (χ2v) is 4.55. The summed E-state index contributed by atoms with van der Waals surface area (Å²) in [6.07, 6.45) is -4.32.